The van der Waals surface area contributed by atoms with Crippen LogP contribution in [0, 0.1) is 5.82 Å². The van der Waals surface area contributed by atoms with Crippen LogP contribution in [0.1, 0.15) is 27.0 Å². The van der Waals surface area contributed by atoms with Gasteiger partial charge in [-0.2, -0.15) is 5.10 Å². The van der Waals surface area contributed by atoms with Crippen LogP contribution in [0.2, 0.25) is 0 Å². The summed E-state index contributed by atoms with van der Waals surface area (Å²) in [4.78, 5) is 15.0. The number of nitrogens with one attached hydrogen (secondary N) is 1. The summed E-state index contributed by atoms with van der Waals surface area (Å²) in [6, 6.07) is 30.7. The minimum atomic E-state index is -0.256. The Morgan fingerprint density at radius 1 is 0.800 bits per heavy atom. The van der Waals surface area contributed by atoms with Crippen LogP contribution in [0.4, 0.5) is 10.1 Å². The summed E-state index contributed by atoms with van der Waals surface area (Å²) in [7, 11) is 0. The summed E-state index contributed by atoms with van der Waals surface area (Å²) in [6.07, 6.45) is 1.73. The van der Waals surface area contributed by atoms with E-state index in [9.17, 15) is 9.18 Å². The van der Waals surface area contributed by atoms with Crippen molar-refractivity contribution >= 4 is 39.4 Å². The monoisotopic (exact) mass is 459 g/mol. The maximum absolute atomic E-state index is 13.3. The summed E-state index contributed by atoms with van der Waals surface area (Å²) in [5.41, 5.74) is 7.44. The van der Waals surface area contributed by atoms with Gasteiger partial charge in [0.2, 0.25) is 0 Å². The summed E-state index contributed by atoms with van der Waals surface area (Å²) in [5, 5.41) is 8.74. The number of nitrogens with zero attached hydrogens (tertiary/aromatic N) is 2. The number of benzene rings is 5. The van der Waals surface area contributed by atoms with Gasteiger partial charge in [0.05, 0.1) is 6.21 Å². The third-order valence-electron chi connectivity index (χ3n) is 6.56. The molecule has 0 saturated carbocycles. The van der Waals surface area contributed by atoms with Gasteiger partial charge < -0.3 is 4.90 Å². The molecule has 5 aromatic carbocycles. The summed E-state index contributed by atoms with van der Waals surface area (Å²) >= 11 is 0. The van der Waals surface area contributed by atoms with E-state index >= 15 is 0 Å². The molecule has 1 aliphatic heterocycles. The summed E-state index contributed by atoms with van der Waals surface area (Å²) in [5.74, 6) is -0.504. The van der Waals surface area contributed by atoms with Crippen LogP contribution in [-0.4, -0.2) is 12.1 Å². The molecule has 0 fully saturated rings. The van der Waals surface area contributed by atoms with E-state index in [0.29, 0.717) is 12.1 Å². The van der Waals surface area contributed by atoms with Gasteiger partial charge in [0.25, 0.3) is 5.91 Å². The van der Waals surface area contributed by atoms with E-state index in [0.717, 1.165) is 50.5 Å². The summed E-state index contributed by atoms with van der Waals surface area (Å²) in [6.45, 7) is 1.41. The lowest BCUT2D eigenvalue weighted by Gasteiger charge is -2.17. The van der Waals surface area contributed by atoms with Gasteiger partial charge in [-0.25, -0.2) is 9.82 Å². The van der Waals surface area contributed by atoms with E-state index in [2.05, 4.69) is 45.8 Å². The zero-order chi connectivity index (χ0) is 23.8. The van der Waals surface area contributed by atoms with E-state index in [1.807, 2.05) is 42.5 Å². The molecule has 1 heterocycles. The molecule has 1 aliphatic rings. The van der Waals surface area contributed by atoms with Crippen molar-refractivity contribution in [3.8, 4) is 0 Å². The second-order valence-corrected chi connectivity index (χ2v) is 8.75. The number of rotatable bonds is 4. The number of amides is 1. The van der Waals surface area contributed by atoms with Crippen molar-refractivity contribution in [3.05, 3.63) is 125 Å². The number of hydrogen-bond acceptors (Lipinski definition) is 3. The Hall–Kier alpha value is -4.51. The van der Waals surface area contributed by atoms with Crippen LogP contribution in [-0.2, 0) is 13.1 Å². The number of carbonyl (C=O) groups is 1. The molecule has 0 bridgehead atoms. The highest BCUT2D eigenvalue weighted by Crippen LogP contribution is 2.29. The molecule has 0 saturated heterocycles. The number of hydrogen-bond donors (Lipinski definition) is 1. The standard InChI is InChI=1S/C30H22FN3O/c31-25-11-13-26(14-12-25)34-18-23-10-9-22(16-24(23)19-34)30(35)33-32-17-29-27-7-3-1-5-20(27)15-21-6-2-4-8-28(21)29/h1-17H,18-19H2,(H,33,35)/b32-17+. The first-order chi connectivity index (χ1) is 17.2. The van der Waals surface area contributed by atoms with Gasteiger partial charge in [-0.15, -0.1) is 0 Å². The molecule has 0 radical (unpaired) electrons. The van der Waals surface area contributed by atoms with Crippen LogP contribution in [0.25, 0.3) is 21.5 Å². The Kier molecular flexibility index (Phi) is 5.23. The summed E-state index contributed by atoms with van der Waals surface area (Å²) < 4.78 is 13.3. The molecule has 1 N–H and O–H groups in total. The average Bonchev–Trinajstić information content (AvgIpc) is 3.32. The normalized spacial score (nSPS) is 13.0. The quantitative estimate of drug-likeness (QED) is 0.192. The second kappa shape index (κ2) is 8.69. The molecular weight excluding hydrogens is 437 g/mol. The van der Waals surface area contributed by atoms with Gasteiger partial charge in [0.1, 0.15) is 5.82 Å². The Labute approximate surface area is 202 Å². The number of fused-ring (bicyclic) bond motifs is 3. The van der Waals surface area contributed by atoms with Gasteiger partial charge >= 0.3 is 0 Å². The van der Waals surface area contributed by atoms with Crippen molar-refractivity contribution in [2.75, 3.05) is 4.90 Å². The molecule has 5 aromatic rings. The Morgan fingerprint density at radius 2 is 1.46 bits per heavy atom. The van der Waals surface area contributed by atoms with Gasteiger partial charge in [0.15, 0.2) is 0 Å². The highest BCUT2D eigenvalue weighted by molar-refractivity contribution is 6.13. The molecule has 4 nitrogen and oxygen atoms in total. The molecule has 0 spiro atoms. The molecule has 0 aliphatic carbocycles. The highest BCUT2D eigenvalue weighted by Gasteiger charge is 2.20. The predicted octanol–water partition coefficient (Wildman–Crippen LogP) is 6.42. The molecule has 0 atom stereocenters. The highest BCUT2D eigenvalue weighted by atomic mass is 19.1. The minimum absolute atomic E-state index is 0.249. The van der Waals surface area contributed by atoms with Crippen molar-refractivity contribution in [1.82, 2.24) is 5.43 Å². The molecule has 35 heavy (non-hydrogen) atoms. The van der Waals surface area contributed by atoms with E-state index in [-0.39, 0.29) is 11.7 Å². The number of hydrazone groups is 1. The molecule has 5 heteroatoms. The fourth-order valence-corrected chi connectivity index (χ4v) is 4.78. The third kappa shape index (κ3) is 4.02. The largest absolute Gasteiger partial charge is 0.363 e. The van der Waals surface area contributed by atoms with Crippen LogP contribution >= 0.6 is 0 Å². The molecule has 0 aromatic heterocycles. The molecule has 0 unspecified atom stereocenters. The number of halogens is 1. The topological polar surface area (TPSA) is 44.7 Å². The van der Waals surface area contributed by atoms with E-state index < -0.39 is 0 Å². The van der Waals surface area contributed by atoms with Crippen LogP contribution in [0.15, 0.2) is 102 Å². The predicted molar refractivity (Wildman–Crippen MR) is 139 cm³/mol. The van der Waals surface area contributed by atoms with Crippen molar-refractivity contribution in [2.45, 2.75) is 13.1 Å². The smallest absolute Gasteiger partial charge is 0.271 e. The van der Waals surface area contributed by atoms with E-state index in [1.54, 1.807) is 18.3 Å². The molecular formula is C30H22FN3O. The first-order valence-electron chi connectivity index (χ1n) is 11.5. The first-order valence-corrected chi connectivity index (χ1v) is 11.5. The maximum atomic E-state index is 13.3. The lowest BCUT2D eigenvalue weighted by Crippen LogP contribution is -2.18. The Morgan fingerprint density at radius 3 is 2.17 bits per heavy atom. The third-order valence-corrected chi connectivity index (χ3v) is 6.56. The van der Waals surface area contributed by atoms with Crippen molar-refractivity contribution in [3.63, 3.8) is 0 Å². The van der Waals surface area contributed by atoms with Gasteiger partial charge in [-0.05, 0) is 75.1 Å². The second-order valence-electron chi connectivity index (χ2n) is 8.75. The van der Waals surface area contributed by atoms with E-state index in [1.165, 1.54) is 12.1 Å². The van der Waals surface area contributed by atoms with Crippen molar-refractivity contribution in [1.29, 1.82) is 0 Å². The SMILES string of the molecule is O=C(N/N=C/c1c2ccccc2cc2ccccc12)c1ccc2c(c1)CN(c1ccc(F)cc1)C2. The zero-order valence-corrected chi connectivity index (χ0v) is 18.9. The van der Waals surface area contributed by atoms with Crippen molar-refractivity contribution < 1.29 is 9.18 Å². The lowest BCUT2D eigenvalue weighted by molar-refractivity contribution is 0.0955. The fourth-order valence-electron chi connectivity index (χ4n) is 4.78. The fraction of sp³-hybridized carbons (Fsp3) is 0.0667. The molecule has 1 amide bonds. The molecule has 170 valence electrons. The van der Waals surface area contributed by atoms with Crippen LogP contribution < -0.4 is 10.3 Å². The Bertz CT molecular complexity index is 1550. The number of anilines is 1. The van der Waals surface area contributed by atoms with Gasteiger partial charge in [-0.3, -0.25) is 4.79 Å². The molecule has 6 rings (SSSR count). The minimum Gasteiger partial charge on any atom is -0.363 e. The maximum Gasteiger partial charge on any atom is 0.271 e. The van der Waals surface area contributed by atoms with Crippen LogP contribution in [0.5, 0.6) is 0 Å². The average molecular weight is 460 g/mol. The van der Waals surface area contributed by atoms with Crippen molar-refractivity contribution in [2.24, 2.45) is 5.10 Å². The van der Waals surface area contributed by atoms with Gasteiger partial charge in [-0.1, -0.05) is 54.6 Å². The van der Waals surface area contributed by atoms with Gasteiger partial charge in [0, 0.05) is 29.9 Å². The first kappa shape index (κ1) is 21.1. The lowest BCUT2D eigenvalue weighted by atomic mass is 9.97. The number of carbonyl (C=O) groups excluding carboxylic acids is 1. The Balaban J connectivity index is 1.22. The van der Waals surface area contributed by atoms with E-state index in [4.69, 9.17) is 0 Å². The zero-order valence-electron chi connectivity index (χ0n) is 18.9. The van der Waals surface area contributed by atoms with Crippen LogP contribution in [0.3, 0.4) is 0 Å².